The number of benzene rings is 2. The highest BCUT2D eigenvalue weighted by Crippen LogP contribution is 2.23. The lowest BCUT2D eigenvalue weighted by Crippen LogP contribution is -2.35. The van der Waals surface area contributed by atoms with Gasteiger partial charge in [0, 0.05) is 30.4 Å². The number of allylic oxidation sites excluding steroid dienone is 3. The molecule has 0 atom stereocenters. The van der Waals surface area contributed by atoms with E-state index in [2.05, 4.69) is 52.0 Å². The highest BCUT2D eigenvalue weighted by Gasteiger charge is 2.19. The molecule has 2 fully saturated rings. The molecule has 0 aliphatic carbocycles. The van der Waals surface area contributed by atoms with Gasteiger partial charge in [-0.15, -0.1) is 0 Å². The molecule has 0 aromatic heterocycles. The predicted octanol–water partition coefficient (Wildman–Crippen LogP) is 3.47. The fourth-order valence-corrected chi connectivity index (χ4v) is 4.13. The molecule has 2 aliphatic heterocycles. The molecular weight excluding hydrogens is 416 g/mol. The smallest absolute Gasteiger partial charge is 0.207 e. The molecule has 0 unspecified atom stereocenters. The molecule has 6 heteroatoms. The summed E-state index contributed by atoms with van der Waals surface area (Å²) in [5, 5.41) is 0. The summed E-state index contributed by atoms with van der Waals surface area (Å²) in [5.74, 6) is 1.72. The van der Waals surface area contributed by atoms with Gasteiger partial charge in [0.1, 0.15) is 24.7 Å². The van der Waals surface area contributed by atoms with Crippen LogP contribution in [-0.2, 0) is 9.47 Å². The van der Waals surface area contributed by atoms with Crippen LogP contribution >= 0.6 is 0 Å². The zero-order valence-corrected chi connectivity index (χ0v) is 19.5. The minimum Gasteiger partial charge on any atom is -0.497 e. The van der Waals surface area contributed by atoms with Gasteiger partial charge in [-0.1, -0.05) is 6.08 Å². The third-order valence-electron chi connectivity index (χ3n) is 5.98. The van der Waals surface area contributed by atoms with Crippen molar-refractivity contribution >= 4 is 11.4 Å². The fraction of sp³-hybridized carbons (Fsp3) is 0.370. The van der Waals surface area contributed by atoms with E-state index in [-0.39, 0.29) is 0 Å². The molecule has 33 heavy (non-hydrogen) atoms. The molecule has 0 bridgehead atoms. The fourth-order valence-electron chi connectivity index (χ4n) is 4.13. The molecule has 0 saturated carbocycles. The van der Waals surface area contributed by atoms with E-state index in [1.807, 2.05) is 24.3 Å². The molecule has 174 valence electrons. The van der Waals surface area contributed by atoms with Crippen molar-refractivity contribution in [1.82, 2.24) is 4.90 Å². The summed E-state index contributed by atoms with van der Waals surface area (Å²) in [6.45, 7) is 6.49. The molecule has 0 N–H and O–H groups in total. The molecule has 2 aromatic rings. The summed E-state index contributed by atoms with van der Waals surface area (Å²) < 4.78 is 24.2. The second-order valence-corrected chi connectivity index (χ2v) is 7.95. The van der Waals surface area contributed by atoms with Crippen LogP contribution in [0.3, 0.4) is 0 Å². The third kappa shape index (κ3) is 6.03. The highest BCUT2D eigenvalue weighted by molar-refractivity contribution is 6.05. The molecule has 0 spiro atoms. The zero-order chi connectivity index (χ0) is 22.9. The van der Waals surface area contributed by atoms with Crippen molar-refractivity contribution in [2.24, 2.45) is 0 Å². The van der Waals surface area contributed by atoms with Crippen molar-refractivity contribution in [2.45, 2.75) is 0 Å². The second-order valence-electron chi connectivity index (χ2n) is 7.95. The van der Waals surface area contributed by atoms with Crippen LogP contribution in [0.15, 0.2) is 66.8 Å². The quantitative estimate of drug-likeness (QED) is 0.478. The van der Waals surface area contributed by atoms with E-state index in [9.17, 15) is 0 Å². The average Bonchev–Trinajstić information content (AvgIpc) is 2.90. The summed E-state index contributed by atoms with van der Waals surface area (Å²) in [5.41, 5.74) is 4.71. The minimum absolute atomic E-state index is 0.744. The van der Waals surface area contributed by atoms with Crippen molar-refractivity contribution < 1.29 is 23.5 Å². The molecular formula is C27H33N2O4+. The summed E-state index contributed by atoms with van der Waals surface area (Å²) in [6, 6.07) is 16.5. The SMILES string of the molecule is COc1ccc(C(/C=C/C=C(/c2ccc(OC)cc2)N2CCOCC2)=[N+]2CCOCC2)cc1. The Balaban J connectivity index is 1.67. The second kappa shape index (κ2) is 11.7. The van der Waals surface area contributed by atoms with Crippen LogP contribution < -0.4 is 9.47 Å². The van der Waals surface area contributed by atoms with Crippen LogP contribution in [-0.4, -0.2) is 82.0 Å². The number of rotatable bonds is 7. The maximum absolute atomic E-state index is 5.58. The molecule has 2 saturated heterocycles. The lowest BCUT2D eigenvalue weighted by Gasteiger charge is -2.31. The average molecular weight is 450 g/mol. The number of nitrogens with zero attached hydrogens (tertiary/aromatic N) is 2. The largest absolute Gasteiger partial charge is 0.497 e. The summed E-state index contributed by atoms with van der Waals surface area (Å²) in [7, 11) is 3.39. The molecule has 4 rings (SSSR count). The van der Waals surface area contributed by atoms with Crippen LogP contribution in [0.2, 0.25) is 0 Å². The number of hydrogen-bond acceptors (Lipinski definition) is 5. The first-order valence-electron chi connectivity index (χ1n) is 11.5. The first-order valence-corrected chi connectivity index (χ1v) is 11.5. The molecule has 2 heterocycles. The van der Waals surface area contributed by atoms with Crippen molar-refractivity contribution in [3.8, 4) is 11.5 Å². The Labute approximate surface area is 196 Å². The Morgan fingerprint density at radius 1 is 0.788 bits per heavy atom. The van der Waals surface area contributed by atoms with Crippen molar-refractivity contribution in [3.63, 3.8) is 0 Å². The van der Waals surface area contributed by atoms with Crippen LogP contribution in [0.1, 0.15) is 11.1 Å². The predicted molar refractivity (Wildman–Crippen MR) is 130 cm³/mol. The number of methoxy groups -OCH3 is 2. The zero-order valence-electron chi connectivity index (χ0n) is 19.5. The standard InChI is InChI=1S/C27H33N2O4/c1-30-24-10-6-22(7-11-24)26(28-14-18-32-19-15-28)4-3-5-27(29-16-20-33-21-17-29)23-8-12-25(31-2)13-9-23/h3-13H,14-21H2,1-2H3/q+1. The summed E-state index contributed by atoms with van der Waals surface area (Å²) in [4.78, 5) is 2.39. The van der Waals surface area contributed by atoms with Gasteiger partial charge in [-0.25, -0.2) is 4.58 Å². The summed E-state index contributed by atoms with van der Waals surface area (Å²) >= 11 is 0. The van der Waals surface area contributed by atoms with Gasteiger partial charge in [0.15, 0.2) is 13.1 Å². The van der Waals surface area contributed by atoms with Gasteiger partial charge >= 0.3 is 0 Å². The molecule has 0 radical (unpaired) electrons. The number of morpholine rings is 2. The first kappa shape index (κ1) is 23.1. The molecule has 2 aliphatic rings. The maximum Gasteiger partial charge on any atom is 0.207 e. The topological polar surface area (TPSA) is 43.2 Å². The molecule has 6 nitrogen and oxygen atoms in total. The van der Waals surface area contributed by atoms with E-state index in [4.69, 9.17) is 18.9 Å². The first-order chi connectivity index (χ1) is 16.3. The lowest BCUT2D eigenvalue weighted by atomic mass is 10.1. The van der Waals surface area contributed by atoms with Crippen LogP contribution in [0.25, 0.3) is 5.70 Å². The van der Waals surface area contributed by atoms with E-state index >= 15 is 0 Å². The third-order valence-corrected chi connectivity index (χ3v) is 5.98. The van der Waals surface area contributed by atoms with Gasteiger partial charge < -0.3 is 23.8 Å². The van der Waals surface area contributed by atoms with Gasteiger partial charge in [-0.2, -0.15) is 0 Å². The maximum atomic E-state index is 5.58. The van der Waals surface area contributed by atoms with Gasteiger partial charge in [0.25, 0.3) is 0 Å². The van der Waals surface area contributed by atoms with E-state index in [0.29, 0.717) is 0 Å². The lowest BCUT2D eigenvalue weighted by molar-refractivity contribution is -0.548. The van der Waals surface area contributed by atoms with Crippen LogP contribution in [0.5, 0.6) is 11.5 Å². The van der Waals surface area contributed by atoms with Gasteiger partial charge in [0.05, 0.1) is 27.4 Å². The van der Waals surface area contributed by atoms with E-state index in [1.54, 1.807) is 14.2 Å². The van der Waals surface area contributed by atoms with E-state index < -0.39 is 0 Å². The number of ether oxygens (including phenoxy) is 4. The van der Waals surface area contributed by atoms with Crippen LogP contribution in [0.4, 0.5) is 0 Å². The van der Waals surface area contributed by atoms with E-state index in [1.165, 1.54) is 22.5 Å². The minimum atomic E-state index is 0.744. The number of hydrogen-bond donors (Lipinski definition) is 0. The van der Waals surface area contributed by atoms with E-state index in [0.717, 1.165) is 64.1 Å². The Bertz CT molecular complexity index is 980. The van der Waals surface area contributed by atoms with Crippen molar-refractivity contribution in [2.75, 3.05) is 66.8 Å². The monoisotopic (exact) mass is 449 g/mol. The normalized spacial score (nSPS) is 17.3. The Hall–Kier alpha value is -3.09. The van der Waals surface area contributed by atoms with Crippen molar-refractivity contribution in [3.05, 3.63) is 77.9 Å². The van der Waals surface area contributed by atoms with Crippen LogP contribution in [0, 0.1) is 0 Å². The highest BCUT2D eigenvalue weighted by atomic mass is 16.5. The Kier molecular flexibility index (Phi) is 8.17. The Morgan fingerprint density at radius 3 is 1.91 bits per heavy atom. The van der Waals surface area contributed by atoms with Gasteiger partial charge in [-0.3, -0.25) is 0 Å². The van der Waals surface area contributed by atoms with Gasteiger partial charge in [0.2, 0.25) is 5.71 Å². The molecule has 2 aromatic carbocycles. The molecule has 0 amide bonds. The van der Waals surface area contributed by atoms with Gasteiger partial charge in [-0.05, 0) is 60.2 Å². The Morgan fingerprint density at radius 2 is 1.33 bits per heavy atom. The van der Waals surface area contributed by atoms with Crippen molar-refractivity contribution in [1.29, 1.82) is 0 Å². The summed E-state index contributed by atoms with van der Waals surface area (Å²) in [6.07, 6.45) is 6.57.